The number of hydrogen-bond acceptors (Lipinski definition) is 3. The zero-order chi connectivity index (χ0) is 11.7. The van der Waals surface area contributed by atoms with Crippen molar-refractivity contribution in [1.29, 1.82) is 0 Å². The second-order valence-corrected chi connectivity index (χ2v) is 4.92. The molecule has 1 aliphatic rings. The van der Waals surface area contributed by atoms with Crippen LogP contribution in [0.2, 0.25) is 5.15 Å². The van der Waals surface area contributed by atoms with E-state index in [4.69, 9.17) is 11.6 Å². The minimum atomic E-state index is 0.525. The van der Waals surface area contributed by atoms with Crippen LogP contribution >= 0.6 is 11.6 Å². The van der Waals surface area contributed by atoms with E-state index in [1.807, 2.05) is 13.8 Å². The molecule has 1 heterocycles. The molecule has 16 heavy (non-hydrogen) atoms. The summed E-state index contributed by atoms with van der Waals surface area (Å²) in [5.41, 5.74) is 1.87. The van der Waals surface area contributed by atoms with Gasteiger partial charge < -0.3 is 4.90 Å². The molecule has 0 N–H and O–H groups in total. The fraction of sp³-hybridized carbons (Fsp3) is 0.667. The van der Waals surface area contributed by atoms with Gasteiger partial charge in [-0.25, -0.2) is 9.97 Å². The van der Waals surface area contributed by atoms with E-state index >= 15 is 0 Å². The lowest BCUT2D eigenvalue weighted by Crippen LogP contribution is -2.30. The minimum absolute atomic E-state index is 0.525. The van der Waals surface area contributed by atoms with E-state index in [0.717, 1.165) is 17.2 Å². The second kappa shape index (κ2) is 4.58. The van der Waals surface area contributed by atoms with Crippen molar-refractivity contribution in [3.63, 3.8) is 0 Å². The van der Waals surface area contributed by atoms with Crippen molar-refractivity contribution < 1.29 is 0 Å². The summed E-state index contributed by atoms with van der Waals surface area (Å²) < 4.78 is 0. The van der Waals surface area contributed by atoms with Crippen LogP contribution in [0.15, 0.2) is 0 Å². The van der Waals surface area contributed by atoms with Crippen molar-refractivity contribution >= 4 is 17.4 Å². The van der Waals surface area contributed by atoms with Crippen molar-refractivity contribution in [3.8, 4) is 0 Å². The largest absolute Gasteiger partial charge is 0.354 e. The van der Waals surface area contributed by atoms with Crippen LogP contribution in [0.3, 0.4) is 0 Å². The molecule has 88 valence electrons. The average molecular weight is 240 g/mol. The van der Waals surface area contributed by atoms with Crippen LogP contribution in [0.1, 0.15) is 37.1 Å². The number of aryl methyl sites for hydroxylation is 2. The average Bonchev–Trinajstić information content (AvgIpc) is 2.75. The highest BCUT2D eigenvalue weighted by Gasteiger charge is 2.23. The van der Waals surface area contributed by atoms with Gasteiger partial charge in [0, 0.05) is 13.1 Å². The van der Waals surface area contributed by atoms with Crippen molar-refractivity contribution in [1.82, 2.24) is 9.97 Å². The minimum Gasteiger partial charge on any atom is -0.354 e. The highest BCUT2D eigenvalue weighted by atomic mass is 35.5. The molecule has 1 aromatic rings. The van der Waals surface area contributed by atoms with Gasteiger partial charge in [0.2, 0.25) is 0 Å². The molecule has 1 aromatic heterocycles. The highest BCUT2D eigenvalue weighted by molar-refractivity contribution is 6.31. The van der Waals surface area contributed by atoms with Gasteiger partial charge in [-0.05, 0) is 26.7 Å². The summed E-state index contributed by atoms with van der Waals surface area (Å²) in [6.07, 6.45) is 5.10. The molecular weight excluding hydrogens is 222 g/mol. The molecule has 4 heteroatoms. The molecule has 0 spiro atoms. The van der Waals surface area contributed by atoms with E-state index in [2.05, 4.69) is 21.9 Å². The Morgan fingerprint density at radius 1 is 1.12 bits per heavy atom. The Labute approximate surface area is 102 Å². The lowest BCUT2D eigenvalue weighted by atomic mass is 10.2. The highest BCUT2D eigenvalue weighted by Crippen LogP contribution is 2.29. The summed E-state index contributed by atoms with van der Waals surface area (Å²) in [6.45, 7) is 3.91. The van der Waals surface area contributed by atoms with Gasteiger partial charge in [-0.1, -0.05) is 24.4 Å². The molecule has 0 radical (unpaired) electrons. The summed E-state index contributed by atoms with van der Waals surface area (Å²) >= 11 is 6.16. The quantitative estimate of drug-likeness (QED) is 0.794. The summed E-state index contributed by atoms with van der Waals surface area (Å²) in [7, 11) is 2.07. The van der Waals surface area contributed by atoms with Gasteiger partial charge in [-0.3, -0.25) is 0 Å². The van der Waals surface area contributed by atoms with Gasteiger partial charge in [-0.15, -0.1) is 0 Å². The Morgan fingerprint density at radius 2 is 1.69 bits per heavy atom. The first-order valence-corrected chi connectivity index (χ1v) is 6.21. The van der Waals surface area contributed by atoms with E-state index in [1.54, 1.807) is 0 Å². The molecule has 1 saturated carbocycles. The summed E-state index contributed by atoms with van der Waals surface area (Å²) in [5, 5.41) is 0.525. The molecule has 2 rings (SSSR count). The standard InChI is InChI=1S/C12H18ClN3/c1-8-9(2)15-12(11(13)14-8)16(3)10-6-4-5-7-10/h10H,4-7H2,1-3H3. The lowest BCUT2D eigenvalue weighted by molar-refractivity contribution is 0.644. The fourth-order valence-electron chi connectivity index (χ4n) is 2.25. The third-order valence-electron chi connectivity index (χ3n) is 3.45. The normalized spacial score (nSPS) is 16.8. The first-order valence-electron chi connectivity index (χ1n) is 5.83. The molecule has 0 saturated heterocycles. The van der Waals surface area contributed by atoms with Crippen LogP contribution < -0.4 is 4.90 Å². The molecule has 0 aliphatic heterocycles. The maximum absolute atomic E-state index is 6.16. The first kappa shape index (κ1) is 11.6. The fourth-order valence-corrected chi connectivity index (χ4v) is 2.56. The zero-order valence-corrected chi connectivity index (χ0v) is 10.9. The molecular formula is C12H18ClN3. The monoisotopic (exact) mass is 239 g/mol. The first-order chi connectivity index (χ1) is 7.59. The molecule has 0 aromatic carbocycles. The van der Waals surface area contributed by atoms with E-state index in [9.17, 15) is 0 Å². The van der Waals surface area contributed by atoms with Gasteiger partial charge in [0.15, 0.2) is 11.0 Å². The predicted molar refractivity (Wildman–Crippen MR) is 67.2 cm³/mol. The van der Waals surface area contributed by atoms with Crippen molar-refractivity contribution in [2.45, 2.75) is 45.6 Å². The second-order valence-electron chi connectivity index (χ2n) is 4.56. The van der Waals surface area contributed by atoms with Gasteiger partial charge in [0.25, 0.3) is 0 Å². The third-order valence-corrected chi connectivity index (χ3v) is 3.71. The Balaban J connectivity index is 2.28. The molecule has 1 aliphatic carbocycles. The Kier molecular flexibility index (Phi) is 3.33. The maximum Gasteiger partial charge on any atom is 0.171 e. The molecule has 0 bridgehead atoms. The Bertz CT molecular complexity index is 386. The smallest absolute Gasteiger partial charge is 0.171 e. The molecule has 0 unspecified atom stereocenters. The predicted octanol–water partition coefficient (Wildman–Crippen LogP) is 3.13. The zero-order valence-electron chi connectivity index (χ0n) is 10.1. The van der Waals surface area contributed by atoms with E-state index in [0.29, 0.717) is 11.2 Å². The van der Waals surface area contributed by atoms with Crippen LogP contribution in [0.25, 0.3) is 0 Å². The van der Waals surface area contributed by atoms with Crippen molar-refractivity contribution in [3.05, 3.63) is 16.5 Å². The Hall–Kier alpha value is -0.830. The molecule has 3 nitrogen and oxygen atoms in total. The Morgan fingerprint density at radius 3 is 2.31 bits per heavy atom. The number of anilines is 1. The van der Waals surface area contributed by atoms with Crippen LogP contribution in [-0.4, -0.2) is 23.1 Å². The number of rotatable bonds is 2. The van der Waals surface area contributed by atoms with Crippen molar-refractivity contribution in [2.75, 3.05) is 11.9 Å². The van der Waals surface area contributed by atoms with Crippen molar-refractivity contribution in [2.24, 2.45) is 0 Å². The van der Waals surface area contributed by atoms with E-state index in [-0.39, 0.29) is 0 Å². The molecule has 0 amide bonds. The molecule has 1 fully saturated rings. The van der Waals surface area contributed by atoms with Gasteiger partial charge >= 0.3 is 0 Å². The van der Waals surface area contributed by atoms with E-state index in [1.165, 1.54) is 25.7 Å². The van der Waals surface area contributed by atoms with Gasteiger partial charge in [-0.2, -0.15) is 0 Å². The van der Waals surface area contributed by atoms with Gasteiger partial charge in [0.1, 0.15) is 0 Å². The number of hydrogen-bond donors (Lipinski definition) is 0. The van der Waals surface area contributed by atoms with Gasteiger partial charge in [0.05, 0.1) is 11.4 Å². The van der Waals surface area contributed by atoms with E-state index < -0.39 is 0 Å². The number of nitrogens with zero attached hydrogens (tertiary/aromatic N) is 3. The lowest BCUT2D eigenvalue weighted by Gasteiger charge is -2.26. The van der Waals surface area contributed by atoms with Crippen LogP contribution in [0.4, 0.5) is 5.82 Å². The van der Waals surface area contributed by atoms with Crippen LogP contribution in [0.5, 0.6) is 0 Å². The number of halogens is 1. The summed E-state index contributed by atoms with van der Waals surface area (Å²) in [6, 6.07) is 0.578. The number of aromatic nitrogens is 2. The van der Waals surface area contributed by atoms with Crippen LogP contribution in [0, 0.1) is 13.8 Å². The molecule has 0 atom stereocenters. The maximum atomic E-state index is 6.16. The SMILES string of the molecule is Cc1nc(Cl)c(N(C)C2CCCC2)nc1C. The topological polar surface area (TPSA) is 29.0 Å². The van der Waals surface area contributed by atoms with Crippen LogP contribution in [-0.2, 0) is 0 Å². The summed E-state index contributed by atoms with van der Waals surface area (Å²) in [4.78, 5) is 11.1. The summed E-state index contributed by atoms with van der Waals surface area (Å²) in [5.74, 6) is 0.830. The third kappa shape index (κ3) is 2.14.